The van der Waals surface area contributed by atoms with Crippen LogP contribution in [0.3, 0.4) is 0 Å². The first-order chi connectivity index (χ1) is 13.0. The van der Waals surface area contributed by atoms with Crippen molar-refractivity contribution in [3.8, 4) is 0 Å². The van der Waals surface area contributed by atoms with E-state index in [1.165, 1.54) is 30.5 Å². The lowest BCUT2D eigenvalue weighted by Crippen LogP contribution is -2.48. The Bertz CT molecular complexity index is 885. The standard InChI is InChI=1S/C18H16ClFN4O3/c19-14-10-13(1-2-15(14)20)22-17(26)12-3-4-21-16(9-12)18(27)24-7-5-23(11-25)6-8-24/h1-4,9-11H,5-8H2,(H,22,26). The van der Waals surface area contributed by atoms with E-state index in [0.29, 0.717) is 31.9 Å². The Labute approximate surface area is 159 Å². The molecule has 3 amide bonds. The zero-order chi connectivity index (χ0) is 19.4. The molecule has 1 N–H and O–H groups in total. The van der Waals surface area contributed by atoms with Crippen LogP contribution in [0.25, 0.3) is 0 Å². The van der Waals surface area contributed by atoms with Crippen LogP contribution in [0.2, 0.25) is 5.02 Å². The lowest BCUT2D eigenvalue weighted by Gasteiger charge is -2.32. The molecule has 1 aliphatic rings. The van der Waals surface area contributed by atoms with Gasteiger partial charge in [-0.2, -0.15) is 0 Å². The summed E-state index contributed by atoms with van der Waals surface area (Å²) in [6, 6.07) is 6.71. The van der Waals surface area contributed by atoms with Gasteiger partial charge in [0.25, 0.3) is 11.8 Å². The predicted molar refractivity (Wildman–Crippen MR) is 97.1 cm³/mol. The van der Waals surface area contributed by atoms with Crippen molar-refractivity contribution >= 4 is 35.5 Å². The van der Waals surface area contributed by atoms with E-state index in [0.717, 1.165) is 12.5 Å². The van der Waals surface area contributed by atoms with E-state index in [2.05, 4.69) is 10.3 Å². The van der Waals surface area contributed by atoms with Crippen LogP contribution in [0, 0.1) is 5.82 Å². The summed E-state index contributed by atoms with van der Waals surface area (Å²) in [5.41, 5.74) is 0.709. The van der Waals surface area contributed by atoms with Crippen LogP contribution in [0.15, 0.2) is 36.5 Å². The smallest absolute Gasteiger partial charge is 0.272 e. The number of nitrogens with one attached hydrogen (secondary N) is 1. The molecule has 0 radical (unpaired) electrons. The molecule has 2 aromatic rings. The zero-order valence-electron chi connectivity index (χ0n) is 14.2. The Morgan fingerprint density at radius 3 is 2.56 bits per heavy atom. The number of amides is 3. The van der Waals surface area contributed by atoms with Gasteiger partial charge in [0.05, 0.1) is 5.02 Å². The summed E-state index contributed by atoms with van der Waals surface area (Å²) in [4.78, 5) is 42.9. The third kappa shape index (κ3) is 4.40. The number of carbonyl (C=O) groups is 3. The maximum absolute atomic E-state index is 13.2. The molecular formula is C18H16ClFN4O3. The first-order valence-electron chi connectivity index (χ1n) is 8.19. The molecule has 1 aromatic heterocycles. The molecule has 1 saturated heterocycles. The Balaban J connectivity index is 1.71. The van der Waals surface area contributed by atoms with Crippen molar-refractivity contribution in [1.82, 2.24) is 14.8 Å². The number of carbonyl (C=O) groups excluding carboxylic acids is 3. The average molecular weight is 391 g/mol. The van der Waals surface area contributed by atoms with E-state index in [9.17, 15) is 18.8 Å². The maximum atomic E-state index is 13.2. The first-order valence-corrected chi connectivity index (χ1v) is 8.57. The number of halogens is 2. The van der Waals surface area contributed by atoms with Gasteiger partial charge in [0.1, 0.15) is 11.5 Å². The number of pyridine rings is 1. The summed E-state index contributed by atoms with van der Waals surface area (Å²) in [6.07, 6.45) is 2.13. The zero-order valence-corrected chi connectivity index (χ0v) is 14.9. The highest BCUT2D eigenvalue weighted by molar-refractivity contribution is 6.31. The van der Waals surface area contributed by atoms with Crippen molar-refractivity contribution in [2.24, 2.45) is 0 Å². The Kier molecular flexibility index (Phi) is 5.66. The summed E-state index contributed by atoms with van der Waals surface area (Å²) in [5.74, 6) is -1.36. The van der Waals surface area contributed by atoms with E-state index >= 15 is 0 Å². The van der Waals surface area contributed by atoms with Crippen molar-refractivity contribution < 1.29 is 18.8 Å². The average Bonchev–Trinajstić information content (AvgIpc) is 2.70. The Hall–Kier alpha value is -3.00. The van der Waals surface area contributed by atoms with Crippen molar-refractivity contribution in [2.45, 2.75) is 0 Å². The molecule has 1 aromatic carbocycles. The van der Waals surface area contributed by atoms with Gasteiger partial charge in [0.15, 0.2) is 0 Å². The fourth-order valence-corrected chi connectivity index (χ4v) is 2.84. The molecule has 9 heteroatoms. The fourth-order valence-electron chi connectivity index (χ4n) is 2.66. The second-order valence-electron chi connectivity index (χ2n) is 5.95. The van der Waals surface area contributed by atoms with Crippen LogP contribution in [-0.2, 0) is 4.79 Å². The summed E-state index contributed by atoms with van der Waals surface area (Å²) in [5, 5.41) is 2.49. The van der Waals surface area contributed by atoms with Crippen molar-refractivity contribution in [2.75, 3.05) is 31.5 Å². The van der Waals surface area contributed by atoms with Gasteiger partial charge in [-0.1, -0.05) is 11.6 Å². The van der Waals surface area contributed by atoms with Gasteiger partial charge in [-0.3, -0.25) is 19.4 Å². The predicted octanol–water partition coefficient (Wildman–Crippen LogP) is 2.04. The van der Waals surface area contributed by atoms with Crippen molar-refractivity contribution in [1.29, 1.82) is 0 Å². The molecule has 0 unspecified atom stereocenters. The normalized spacial score (nSPS) is 14.0. The third-order valence-electron chi connectivity index (χ3n) is 4.17. The fraction of sp³-hybridized carbons (Fsp3) is 0.222. The number of aromatic nitrogens is 1. The van der Waals surface area contributed by atoms with Gasteiger partial charge < -0.3 is 15.1 Å². The van der Waals surface area contributed by atoms with Crippen LogP contribution in [0.4, 0.5) is 10.1 Å². The van der Waals surface area contributed by atoms with E-state index < -0.39 is 11.7 Å². The lowest BCUT2D eigenvalue weighted by molar-refractivity contribution is -0.119. The van der Waals surface area contributed by atoms with Gasteiger partial charge in [-0.05, 0) is 30.3 Å². The minimum atomic E-state index is -0.582. The summed E-state index contributed by atoms with van der Waals surface area (Å²) in [7, 11) is 0. The molecule has 7 nitrogen and oxygen atoms in total. The molecule has 27 heavy (non-hydrogen) atoms. The molecule has 140 valence electrons. The molecule has 0 saturated carbocycles. The topological polar surface area (TPSA) is 82.6 Å². The largest absolute Gasteiger partial charge is 0.342 e. The first kappa shape index (κ1) is 18.8. The molecule has 1 aliphatic heterocycles. The summed E-state index contributed by atoms with van der Waals surface area (Å²) >= 11 is 5.71. The van der Waals surface area contributed by atoms with Crippen LogP contribution in [0.5, 0.6) is 0 Å². The number of rotatable bonds is 4. The number of benzene rings is 1. The SMILES string of the molecule is O=CN1CCN(C(=O)c2cc(C(=O)Nc3ccc(F)c(Cl)c3)ccn2)CC1. The number of piperazine rings is 1. The van der Waals surface area contributed by atoms with Crippen LogP contribution >= 0.6 is 11.6 Å². The van der Waals surface area contributed by atoms with Crippen LogP contribution in [0.1, 0.15) is 20.8 Å². The molecule has 1 fully saturated rings. The third-order valence-corrected chi connectivity index (χ3v) is 4.46. The number of hydrogen-bond acceptors (Lipinski definition) is 4. The van der Waals surface area contributed by atoms with Crippen LogP contribution in [-0.4, -0.2) is 59.2 Å². The molecule has 3 rings (SSSR count). The highest BCUT2D eigenvalue weighted by Gasteiger charge is 2.23. The lowest BCUT2D eigenvalue weighted by atomic mass is 10.2. The van der Waals surface area contributed by atoms with Gasteiger partial charge in [0, 0.05) is 43.6 Å². The molecular weight excluding hydrogens is 375 g/mol. The summed E-state index contributed by atoms with van der Waals surface area (Å²) < 4.78 is 13.2. The number of anilines is 1. The van der Waals surface area contributed by atoms with Crippen LogP contribution < -0.4 is 5.32 Å². The minimum absolute atomic E-state index is 0.104. The van der Waals surface area contributed by atoms with Crippen molar-refractivity contribution in [3.63, 3.8) is 0 Å². The molecule has 0 atom stereocenters. The highest BCUT2D eigenvalue weighted by atomic mass is 35.5. The minimum Gasteiger partial charge on any atom is -0.342 e. The van der Waals surface area contributed by atoms with Gasteiger partial charge >= 0.3 is 0 Å². The van der Waals surface area contributed by atoms with E-state index in [1.54, 1.807) is 9.80 Å². The van der Waals surface area contributed by atoms with Gasteiger partial charge in [-0.25, -0.2) is 4.39 Å². The quantitative estimate of drug-likeness (QED) is 0.810. The molecule has 0 bridgehead atoms. The number of hydrogen-bond donors (Lipinski definition) is 1. The Morgan fingerprint density at radius 2 is 1.89 bits per heavy atom. The van der Waals surface area contributed by atoms with Crippen molar-refractivity contribution in [3.05, 3.63) is 58.6 Å². The van der Waals surface area contributed by atoms with E-state index in [4.69, 9.17) is 11.6 Å². The highest BCUT2D eigenvalue weighted by Crippen LogP contribution is 2.20. The molecule has 2 heterocycles. The van der Waals surface area contributed by atoms with Gasteiger partial charge in [0.2, 0.25) is 6.41 Å². The monoisotopic (exact) mass is 390 g/mol. The van der Waals surface area contributed by atoms with E-state index in [-0.39, 0.29) is 22.2 Å². The molecule has 0 spiro atoms. The second kappa shape index (κ2) is 8.13. The second-order valence-corrected chi connectivity index (χ2v) is 6.35. The number of nitrogens with zero attached hydrogens (tertiary/aromatic N) is 3. The molecule has 0 aliphatic carbocycles. The van der Waals surface area contributed by atoms with E-state index in [1.807, 2.05) is 0 Å². The maximum Gasteiger partial charge on any atom is 0.272 e. The van der Waals surface area contributed by atoms with Gasteiger partial charge in [-0.15, -0.1) is 0 Å². The summed E-state index contributed by atoms with van der Waals surface area (Å²) in [6.45, 7) is 1.73. The Morgan fingerprint density at radius 1 is 1.15 bits per heavy atom.